The van der Waals surface area contributed by atoms with Crippen molar-refractivity contribution in [3.8, 4) is 0 Å². The molecule has 1 saturated carbocycles. The molecule has 0 atom stereocenters. The predicted octanol–water partition coefficient (Wildman–Crippen LogP) is 2.16. The topological polar surface area (TPSA) is 73.4 Å². The van der Waals surface area contributed by atoms with Gasteiger partial charge in [0.1, 0.15) is 5.84 Å². The molecule has 3 N–H and O–H groups in total. The van der Waals surface area contributed by atoms with Crippen molar-refractivity contribution in [2.75, 3.05) is 19.6 Å². The van der Waals surface area contributed by atoms with Gasteiger partial charge in [-0.3, -0.25) is 5.41 Å². The average molecular weight is 266 g/mol. The summed E-state index contributed by atoms with van der Waals surface area (Å²) in [6.45, 7) is 2.01. The van der Waals surface area contributed by atoms with Crippen molar-refractivity contribution in [1.29, 1.82) is 5.41 Å². The zero-order valence-electron chi connectivity index (χ0n) is 11.7. The molecule has 0 aromatic carbocycles. The molecule has 2 amide bonds. The van der Waals surface area contributed by atoms with Crippen LogP contribution in [0.5, 0.6) is 0 Å². The second-order valence-corrected chi connectivity index (χ2v) is 5.78. The molecule has 5 nitrogen and oxygen atoms in total. The van der Waals surface area contributed by atoms with Crippen molar-refractivity contribution >= 4 is 11.9 Å². The zero-order valence-corrected chi connectivity index (χ0v) is 11.7. The van der Waals surface area contributed by atoms with Gasteiger partial charge in [0.2, 0.25) is 0 Å². The van der Waals surface area contributed by atoms with Gasteiger partial charge in [-0.15, -0.1) is 0 Å². The lowest BCUT2D eigenvalue weighted by molar-refractivity contribution is 0.143. The molecule has 2 aliphatic rings. The van der Waals surface area contributed by atoms with Crippen molar-refractivity contribution in [1.82, 2.24) is 9.80 Å². The van der Waals surface area contributed by atoms with Gasteiger partial charge in [0.05, 0.1) is 6.54 Å². The predicted molar refractivity (Wildman–Crippen MR) is 76.3 cm³/mol. The standard InChI is InChI=1S/C14H26N4O/c15-13(16)11-18(12-7-3-4-8-12)14(19)17-9-5-1-2-6-10-17/h12H,1-11H2,(H3,15,16). The molecule has 1 saturated heterocycles. The summed E-state index contributed by atoms with van der Waals surface area (Å²) in [6.07, 6.45) is 9.15. The SMILES string of the molecule is N=C(N)CN(C(=O)N1CCCCCC1)C1CCCC1. The monoisotopic (exact) mass is 266 g/mol. The van der Waals surface area contributed by atoms with Gasteiger partial charge < -0.3 is 15.5 Å². The number of carbonyl (C=O) groups is 1. The molecule has 2 fully saturated rings. The average Bonchev–Trinajstić information content (AvgIpc) is 2.77. The van der Waals surface area contributed by atoms with Crippen LogP contribution in [0.4, 0.5) is 4.79 Å². The van der Waals surface area contributed by atoms with Gasteiger partial charge in [0.25, 0.3) is 0 Å². The second-order valence-electron chi connectivity index (χ2n) is 5.78. The van der Waals surface area contributed by atoms with Crippen LogP contribution in [0.15, 0.2) is 0 Å². The Morgan fingerprint density at radius 2 is 1.68 bits per heavy atom. The number of carbonyl (C=O) groups excluding carboxylic acids is 1. The first-order valence-corrected chi connectivity index (χ1v) is 7.57. The lowest BCUT2D eigenvalue weighted by Crippen LogP contribution is -2.50. The van der Waals surface area contributed by atoms with Crippen molar-refractivity contribution < 1.29 is 4.79 Å². The Hall–Kier alpha value is -1.26. The highest BCUT2D eigenvalue weighted by Crippen LogP contribution is 2.25. The van der Waals surface area contributed by atoms with E-state index in [0.717, 1.165) is 38.8 Å². The van der Waals surface area contributed by atoms with Crippen molar-refractivity contribution in [2.45, 2.75) is 57.4 Å². The summed E-state index contributed by atoms with van der Waals surface area (Å²) in [4.78, 5) is 16.5. The largest absolute Gasteiger partial charge is 0.386 e. The molecule has 1 heterocycles. The molecule has 1 aliphatic heterocycles. The van der Waals surface area contributed by atoms with Crippen LogP contribution in [0.1, 0.15) is 51.4 Å². The van der Waals surface area contributed by atoms with Crippen LogP contribution in [0, 0.1) is 5.41 Å². The molecule has 1 aliphatic carbocycles. The summed E-state index contributed by atoms with van der Waals surface area (Å²) < 4.78 is 0. The summed E-state index contributed by atoms with van der Waals surface area (Å²) in [5.74, 6) is 0.0927. The fourth-order valence-corrected chi connectivity index (χ4v) is 3.20. The summed E-state index contributed by atoms with van der Waals surface area (Å²) in [5, 5.41) is 7.50. The number of nitrogens with zero attached hydrogens (tertiary/aromatic N) is 2. The van der Waals surface area contributed by atoms with E-state index in [2.05, 4.69) is 0 Å². The van der Waals surface area contributed by atoms with Crippen LogP contribution in [0.25, 0.3) is 0 Å². The first-order valence-electron chi connectivity index (χ1n) is 7.57. The first kappa shape index (κ1) is 14.2. The Morgan fingerprint density at radius 1 is 1.11 bits per heavy atom. The van der Waals surface area contributed by atoms with E-state index < -0.39 is 0 Å². The summed E-state index contributed by atoms with van der Waals surface area (Å²) >= 11 is 0. The van der Waals surface area contributed by atoms with Gasteiger partial charge in [0, 0.05) is 19.1 Å². The van der Waals surface area contributed by atoms with Gasteiger partial charge in [0.15, 0.2) is 0 Å². The van der Waals surface area contributed by atoms with Gasteiger partial charge in [-0.25, -0.2) is 4.79 Å². The van der Waals surface area contributed by atoms with Crippen LogP contribution in [-0.2, 0) is 0 Å². The minimum absolute atomic E-state index is 0.0927. The Kier molecular flexibility index (Phi) is 5.05. The van der Waals surface area contributed by atoms with Crippen LogP contribution >= 0.6 is 0 Å². The number of amidine groups is 1. The molecule has 0 aromatic heterocycles. The smallest absolute Gasteiger partial charge is 0.320 e. The van der Waals surface area contributed by atoms with E-state index in [9.17, 15) is 4.79 Å². The van der Waals surface area contributed by atoms with Crippen molar-refractivity contribution in [3.63, 3.8) is 0 Å². The Bertz CT molecular complexity index is 317. The number of nitrogens with two attached hydrogens (primary N) is 1. The molecule has 0 aromatic rings. The fourth-order valence-electron chi connectivity index (χ4n) is 3.20. The highest BCUT2D eigenvalue weighted by atomic mass is 16.2. The van der Waals surface area contributed by atoms with E-state index in [0.29, 0.717) is 12.6 Å². The van der Waals surface area contributed by atoms with E-state index >= 15 is 0 Å². The molecule has 108 valence electrons. The maximum absolute atomic E-state index is 12.7. The molecular weight excluding hydrogens is 240 g/mol. The summed E-state index contributed by atoms with van der Waals surface area (Å²) in [6, 6.07) is 0.392. The lowest BCUT2D eigenvalue weighted by atomic mass is 10.2. The number of hydrogen-bond acceptors (Lipinski definition) is 2. The molecule has 19 heavy (non-hydrogen) atoms. The second kappa shape index (κ2) is 6.78. The molecule has 0 bridgehead atoms. The van der Waals surface area contributed by atoms with Gasteiger partial charge in [-0.05, 0) is 25.7 Å². The number of likely N-dealkylation sites (tertiary alicyclic amines) is 1. The third-order valence-electron chi connectivity index (χ3n) is 4.23. The van der Waals surface area contributed by atoms with Crippen LogP contribution < -0.4 is 5.73 Å². The molecular formula is C14H26N4O. The minimum Gasteiger partial charge on any atom is -0.386 e. The maximum Gasteiger partial charge on any atom is 0.320 e. The Balaban J connectivity index is 2.02. The summed E-state index contributed by atoms with van der Waals surface area (Å²) in [7, 11) is 0. The number of rotatable bonds is 3. The quantitative estimate of drug-likeness (QED) is 0.607. The number of nitrogens with one attached hydrogen (secondary N) is 1. The van der Waals surface area contributed by atoms with E-state index in [1.54, 1.807) is 0 Å². The van der Waals surface area contributed by atoms with E-state index in [4.69, 9.17) is 11.1 Å². The zero-order chi connectivity index (χ0) is 13.7. The van der Waals surface area contributed by atoms with E-state index in [-0.39, 0.29) is 11.9 Å². The summed E-state index contributed by atoms with van der Waals surface area (Å²) in [5.41, 5.74) is 5.53. The highest BCUT2D eigenvalue weighted by Gasteiger charge is 2.30. The molecule has 0 unspecified atom stereocenters. The van der Waals surface area contributed by atoms with Gasteiger partial charge in [-0.1, -0.05) is 25.7 Å². The van der Waals surface area contributed by atoms with Gasteiger partial charge >= 0.3 is 6.03 Å². The minimum atomic E-state index is 0.0927. The molecule has 2 rings (SSSR count). The lowest BCUT2D eigenvalue weighted by Gasteiger charge is -2.33. The van der Waals surface area contributed by atoms with Crippen LogP contribution in [0.2, 0.25) is 0 Å². The normalized spacial score (nSPS) is 21.2. The molecule has 5 heteroatoms. The van der Waals surface area contributed by atoms with Crippen molar-refractivity contribution in [3.05, 3.63) is 0 Å². The fraction of sp³-hybridized carbons (Fsp3) is 0.857. The highest BCUT2D eigenvalue weighted by molar-refractivity contribution is 5.85. The van der Waals surface area contributed by atoms with Gasteiger partial charge in [-0.2, -0.15) is 0 Å². The number of amides is 2. The first-order chi connectivity index (χ1) is 9.18. The van der Waals surface area contributed by atoms with E-state index in [1.807, 2.05) is 9.80 Å². The van der Waals surface area contributed by atoms with Crippen LogP contribution in [0.3, 0.4) is 0 Å². The third-order valence-corrected chi connectivity index (χ3v) is 4.23. The number of hydrogen-bond donors (Lipinski definition) is 2. The molecule has 0 radical (unpaired) electrons. The molecule has 0 spiro atoms. The number of urea groups is 1. The maximum atomic E-state index is 12.7. The third kappa shape index (κ3) is 3.85. The van der Waals surface area contributed by atoms with Crippen molar-refractivity contribution in [2.24, 2.45) is 5.73 Å². The Labute approximate surface area is 115 Å². The Morgan fingerprint density at radius 3 is 2.21 bits per heavy atom. The van der Waals surface area contributed by atoms with Crippen LogP contribution in [-0.4, -0.2) is 47.3 Å². The van der Waals surface area contributed by atoms with E-state index in [1.165, 1.54) is 25.7 Å².